The summed E-state index contributed by atoms with van der Waals surface area (Å²) in [6.45, 7) is 0. The van der Waals surface area contributed by atoms with Crippen molar-refractivity contribution in [2.45, 2.75) is 24.9 Å². The van der Waals surface area contributed by atoms with Crippen LogP contribution >= 0.6 is 0 Å². The van der Waals surface area contributed by atoms with Gasteiger partial charge in [-0.2, -0.15) is 22.0 Å². The summed E-state index contributed by atoms with van der Waals surface area (Å²) in [5.41, 5.74) is 0. The highest BCUT2D eigenvalue weighted by atomic mass is 19.4. The molecule has 1 atom stereocenters. The van der Waals surface area contributed by atoms with E-state index in [0.29, 0.717) is 0 Å². The Labute approximate surface area is 80.2 Å². The van der Waals surface area contributed by atoms with Crippen LogP contribution in [0.5, 0.6) is 0 Å². The van der Waals surface area contributed by atoms with Crippen molar-refractivity contribution in [3.05, 3.63) is 0 Å². The quantitative estimate of drug-likeness (QED) is 0.392. The highest BCUT2D eigenvalue weighted by molar-refractivity contribution is 5.90. The molecule has 1 saturated heterocycles. The Balaban J connectivity index is 2.89. The predicted octanol–water partition coefficient (Wildman–Crippen LogP) is 1.66. The molecule has 1 heterocycles. The summed E-state index contributed by atoms with van der Waals surface area (Å²) in [6.07, 6.45) is -7.30. The molecular formula is C7H5F5O3. The summed E-state index contributed by atoms with van der Waals surface area (Å²) < 4.78 is 64.6. The lowest BCUT2D eigenvalue weighted by Gasteiger charge is -2.28. The van der Waals surface area contributed by atoms with Crippen molar-refractivity contribution < 1.29 is 36.3 Å². The lowest BCUT2D eigenvalue weighted by molar-refractivity contribution is -0.303. The van der Waals surface area contributed by atoms with E-state index in [1.165, 1.54) is 0 Å². The Bertz CT molecular complexity index is 295. The summed E-state index contributed by atoms with van der Waals surface area (Å²) in [7, 11) is 0. The summed E-state index contributed by atoms with van der Waals surface area (Å²) in [5, 5.41) is 0. The molecule has 0 spiro atoms. The molecule has 0 amide bonds. The average molecular weight is 232 g/mol. The normalized spacial score (nSPS) is 23.9. The molecule has 0 radical (unpaired) electrons. The zero-order valence-corrected chi connectivity index (χ0v) is 7.11. The van der Waals surface area contributed by atoms with Gasteiger partial charge in [-0.25, -0.2) is 0 Å². The Morgan fingerprint density at radius 1 is 1.13 bits per heavy atom. The van der Waals surface area contributed by atoms with Crippen LogP contribution in [0.2, 0.25) is 0 Å². The van der Waals surface area contributed by atoms with Gasteiger partial charge in [0.15, 0.2) is 0 Å². The number of rotatable bonds is 1. The molecular weight excluding hydrogens is 227 g/mol. The van der Waals surface area contributed by atoms with E-state index in [1.54, 1.807) is 0 Å². The molecule has 8 heteroatoms. The maximum absolute atomic E-state index is 12.7. The van der Waals surface area contributed by atoms with Crippen LogP contribution in [0.25, 0.3) is 0 Å². The van der Waals surface area contributed by atoms with Crippen molar-refractivity contribution in [2.24, 2.45) is 5.92 Å². The SMILES string of the molecule is O=C1CCC(C(F)(F)C(F)(F)F)C(=O)O1. The van der Waals surface area contributed by atoms with Gasteiger partial charge in [-0.3, -0.25) is 9.59 Å². The first-order chi connectivity index (χ1) is 6.66. The van der Waals surface area contributed by atoms with Gasteiger partial charge >= 0.3 is 24.0 Å². The standard InChI is InChI=1S/C7H5F5O3/c8-6(9,7(10,11)12)3-1-2-4(13)15-5(3)14/h3H,1-2H2. The van der Waals surface area contributed by atoms with Crippen molar-refractivity contribution in [1.82, 2.24) is 0 Å². The predicted molar refractivity (Wildman–Crippen MR) is 34.8 cm³/mol. The van der Waals surface area contributed by atoms with Gasteiger partial charge in [0.1, 0.15) is 5.92 Å². The Hall–Kier alpha value is -1.21. The zero-order chi connectivity index (χ0) is 11.9. The molecule has 0 aromatic heterocycles. The van der Waals surface area contributed by atoms with Gasteiger partial charge < -0.3 is 4.74 Å². The minimum absolute atomic E-state index is 0.623. The second kappa shape index (κ2) is 3.42. The summed E-state index contributed by atoms with van der Waals surface area (Å²) >= 11 is 0. The van der Waals surface area contributed by atoms with E-state index in [4.69, 9.17) is 0 Å². The van der Waals surface area contributed by atoms with Crippen molar-refractivity contribution >= 4 is 11.9 Å². The van der Waals surface area contributed by atoms with Gasteiger partial charge in [0.2, 0.25) is 0 Å². The van der Waals surface area contributed by atoms with E-state index in [2.05, 4.69) is 4.74 Å². The number of esters is 2. The smallest absolute Gasteiger partial charge is 0.393 e. The molecule has 86 valence electrons. The minimum atomic E-state index is -5.82. The largest absolute Gasteiger partial charge is 0.454 e. The van der Waals surface area contributed by atoms with E-state index in [0.717, 1.165) is 0 Å². The molecule has 0 bridgehead atoms. The molecule has 0 saturated carbocycles. The number of ether oxygens (including phenoxy) is 1. The van der Waals surface area contributed by atoms with Gasteiger partial charge in [-0.1, -0.05) is 0 Å². The lowest BCUT2D eigenvalue weighted by atomic mass is 9.93. The lowest BCUT2D eigenvalue weighted by Crippen LogP contribution is -2.49. The number of alkyl halides is 5. The fraction of sp³-hybridized carbons (Fsp3) is 0.714. The summed E-state index contributed by atoms with van der Waals surface area (Å²) in [5.74, 6) is -10.7. The van der Waals surface area contributed by atoms with Gasteiger partial charge in [0.25, 0.3) is 0 Å². The second-order valence-corrected chi connectivity index (χ2v) is 3.01. The van der Waals surface area contributed by atoms with Crippen LogP contribution in [0.4, 0.5) is 22.0 Å². The zero-order valence-electron chi connectivity index (χ0n) is 7.11. The van der Waals surface area contributed by atoms with Gasteiger partial charge in [0, 0.05) is 6.42 Å². The van der Waals surface area contributed by atoms with Crippen LogP contribution in [0, 0.1) is 5.92 Å². The van der Waals surface area contributed by atoms with Crippen LogP contribution in [0.1, 0.15) is 12.8 Å². The molecule has 1 rings (SSSR count). The molecule has 15 heavy (non-hydrogen) atoms. The van der Waals surface area contributed by atoms with Gasteiger partial charge in [-0.05, 0) is 6.42 Å². The Morgan fingerprint density at radius 2 is 1.67 bits per heavy atom. The first kappa shape index (κ1) is 11.9. The Morgan fingerprint density at radius 3 is 2.07 bits per heavy atom. The van der Waals surface area contributed by atoms with Crippen LogP contribution in [-0.4, -0.2) is 24.0 Å². The summed E-state index contributed by atoms with van der Waals surface area (Å²) in [6, 6.07) is 0. The molecule has 1 aliphatic rings. The molecule has 0 aromatic rings. The molecule has 0 aliphatic carbocycles. The number of carbonyl (C=O) groups excluding carboxylic acids is 2. The highest BCUT2D eigenvalue weighted by Gasteiger charge is 2.65. The van der Waals surface area contributed by atoms with Crippen LogP contribution in [0.3, 0.4) is 0 Å². The van der Waals surface area contributed by atoms with Crippen molar-refractivity contribution in [3.8, 4) is 0 Å². The van der Waals surface area contributed by atoms with Crippen molar-refractivity contribution in [3.63, 3.8) is 0 Å². The number of hydrogen-bond donors (Lipinski definition) is 0. The van der Waals surface area contributed by atoms with Gasteiger partial charge in [-0.15, -0.1) is 0 Å². The number of carbonyl (C=O) groups is 2. The molecule has 1 unspecified atom stereocenters. The third-order valence-electron chi connectivity index (χ3n) is 1.95. The minimum Gasteiger partial charge on any atom is -0.393 e. The number of halogens is 5. The Kier molecular flexibility index (Phi) is 2.71. The van der Waals surface area contributed by atoms with E-state index in [1.807, 2.05) is 0 Å². The molecule has 1 fully saturated rings. The molecule has 3 nitrogen and oxygen atoms in total. The van der Waals surface area contributed by atoms with Crippen LogP contribution in [-0.2, 0) is 14.3 Å². The topological polar surface area (TPSA) is 43.4 Å². The fourth-order valence-corrected chi connectivity index (χ4v) is 1.14. The third-order valence-corrected chi connectivity index (χ3v) is 1.95. The summed E-state index contributed by atoms with van der Waals surface area (Å²) in [4.78, 5) is 21.1. The first-order valence-corrected chi connectivity index (χ1v) is 3.85. The van der Waals surface area contributed by atoms with Gasteiger partial charge in [0.05, 0.1) is 0 Å². The van der Waals surface area contributed by atoms with E-state index in [9.17, 15) is 31.5 Å². The molecule has 1 aliphatic heterocycles. The number of hydrogen-bond acceptors (Lipinski definition) is 3. The van der Waals surface area contributed by atoms with Crippen LogP contribution in [0.15, 0.2) is 0 Å². The molecule has 0 N–H and O–H groups in total. The maximum Gasteiger partial charge on any atom is 0.454 e. The van der Waals surface area contributed by atoms with E-state index < -0.39 is 42.8 Å². The van der Waals surface area contributed by atoms with E-state index in [-0.39, 0.29) is 0 Å². The average Bonchev–Trinajstić information content (AvgIpc) is 2.00. The molecule has 0 aromatic carbocycles. The monoisotopic (exact) mass is 232 g/mol. The van der Waals surface area contributed by atoms with Crippen molar-refractivity contribution in [1.29, 1.82) is 0 Å². The highest BCUT2D eigenvalue weighted by Crippen LogP contribution is 2.44. The number of cyclic esters (lactones) is 2. The second-order valence-electron chi connectivity index (χ2n) is 3.01. The van der Waals surface area contributed by atoms with Crippen LogP contribution < -0.4 is 0 Å². The van der Waals surface area contributed by atoms with E-state index >= 15 is 0 Å². The van der Waals surface area contributed by atoms with Crippen molar-refractivity contribution in [2.75, 3.05) is 0 Å². The third kappa shape index (κ3) is 2.07. The first-order valence-electron chi connectivity index (χ1n) is 3.85. The maximum atomic E-state index is 12.7. The fourth-order valence-electron chi connectivity index (χ4n) is 1.14.